The second-order valence-corrected chi connectivity index (χ2v) is 6.50. The average molecular weight is 403 g/mol. The maximum atomic E-state index is 11.3. The third-order valence-electron chi connectivity index (χ3n) is 4.57. The zero-order valence-corrected chi connectivity index (χ0v) is 16.6. The SMILES string of the molecule is CCOc1ccc(Nc2nc(-c3ccc(C(N)=O)cc3)cn3ccnc23)cc1OC. The highest BCUT2D eigenvalue weighted by Crippen LogP contribution is 2.32. The van der Waals surface area contributed by atoms with Crippen molar-refractivity contribution < 1.29 is 14.3 Å². The van der Waals surface area contributed by atoms with Gasteiger partial charge in [0.2, 0.25) is 5.91 Å². The molecule has 152 valence electrons. The number of aromatic nitrogens is 3. The van der Waals surface area contributed by atoms with Crippen LogP contribution in [0, 0.1) is 0 Å². The second-order valence-electron chi connectivity index (χ2n) is 6.50. The molecule has 4 rings (SSSR count). The average Bonchev–Trinajstić information content (AvgIpc) is 3.24. The molecular formula is C22H21N5O3. The first kappa shape index (κ1) is 19.3. The van der Waals surface area contributed by atoms with E-state index in [2.05, 4.69) is 10.3 Å². The molecule has 0 aliphatic carbocycles. The minimum Gasteiger partial charge on any atom is -0.493 e. The number of rotatable bonds is 7. The van der Waals surface area contributed by atoms with E-state index in [9.17, 15) is 4.79 Å². The van der Waals surface area contributed by atoms with Gasteiger partial charge in [-0.3, -0.25) is 4.79 Å². The van der Waals surface area contributed by atoms with Gasteiger partial charge in [0.15, 0.2) is 23.0 Å². The van der Waals surface area contributed by atoms with Gasteiger partial charge in [-0.05, 0) is 31.2 Å². The van der Waals surface area contributed by atoms with Crippen LogP contribution in [0.2, 0.25) is 0 Å². The lowest BCUT2D eigenvalue weighted by molar-refractivity contribution is 0.100. The Kier molecular flexibility index (Phi) is 5.21. The third kappa shape index (κ3) is 3.75. The van der Waals surface area contributed by atoms with Crippen LogP contribution in [0.15, 0.2) is 61.1 Å². The Hall–Kier alpha value is -4.07. The molecule has 0 aliphatic rings. The number of nitrogens with two attached hydrogens (primary N) is 1. The lowest BCUT2D eigenvalue weighted by Gasteiger charge is -2.13. The van der Waals surface area contributed by atoms with Crippen molar-refractivity contribution in [1.29, 1.82) is 0 Å². The van der Waals surface area contributed by atoms with Gasteiger partial charge in [-0.15, -0.1) is 0 Å². The molecule has 0 spiro atoms. The summed E-state index contributed by atoms with van der Waals surface area (Å²) in [6.45, 7) is 2.47. The molecule has 8 heteroatoms. The maximum absolute atomic E-state index is 11.3. The van der Waals surface area contributed by atoms with Crippen LogP contribution in [0.1, 0.15) is 17.3 Å². The highest BCUT2D eigenvalue weighted by atomic mass is 16.5. The molecule has 0 bridgehead atoms. The number of hydrogen-bond donors (Lipinski definition) is 2. The summed E-state index contributed by atoms with van der Waals surface area (Å²) in [5, 5.41) is 3.31. The van der Waals surface area contributed by atoms with E-state index in [0.717, 1.165) is 16.9 Å². The molecule has 0 atom stereocenters. The molecule has 0 fully saturated rings. The topological polar surface area (TPSA) is 104 Å². The number of hydrogen-bond acceptors (Lipinski definition) is 6. The molecule has 0 aliphatic heterocycles. The first-order valence-electron chi connectivity index (χ1n) is 9.41. The fourth-order valence-electron chi connectivity index (χ4n) is 3.12. The summed E-state index contributed by atoms with van der Waals surface area (Å²) in [4.78, 5) is 20.5. The Balaban J connectivity index is 1.72. The summed E-state index contributed by atoms with van der Waals surface area (Å²) in [7, 11) is 1.60. The number of carbonyl (C=O) groups is 1. The van der Waals surface area contributed by atoms with Crippen LogP contribution in [0.25, 0.3) is 16.9 Å². The number of benzene rings is 2. The van der Waals surface area contributed by atoms with E-state index >= 15 is 0 Å². The molecular weight excluding hydrogens is 382 g/mol. The Bertz CT molecular complexity index is 1200. The number of carbonyl (C=O) groups excluding carboxylic acids is 1. The molecule has 8 nitrogen and oxygen atoms in total. The van der Waals surface area contributed by atoms with Crippen molar-refractivity contribution in [2.75, 3.05) is 19.0 Å². The Morgan fingerprint density at radius 1 is 1.17 bits per heavy atom. The number of amides is 1. The van der Waals surface area contributed by atoms with E-state index < -0.39 is 5.91 Å². The Morgan fingerprint density at radius 3 is 2.67 bits per heavy atom. The van der Waals surface area contributed by atoms with E-state index in [1.807, 2.05) is 54.0 Å². The van der Waals surface area contributed by atoms with Gasteiger partial charge in [0.05, 0.1) is 19.4 Å². The summed E-state index contributed by atoms with van der Waals surface area (Å²) in [6.07, 6.45) is 5.44. The standard InChI is InChI=1S/C22H21N5O3/c1-3-30-18-9-8-16(12-19(18)29-2)25-21-22-24-10-11-27(22)13-17(26-21)14-4-6-15(7-5-14)20(23)28/h4-13H,3H2,1-2H3,(H2,23,28)(H,25,26). The lowest BCUT2D eigenvalue weighted by atomic mass is 10.1. The first-order valence-corrected chi connectivity index (χ1v) is 9.41. The highest BCUT2D eigenvalue weighted by molar-refractivity contribution is 5.93. The number of nitrogens with one attached hydrogen (secondary N) is 1. The van der Waals surface area contributed by atoms with Gasteiger partial charge in [0.25, 0.3) is 0 Å². The van der Waals surface area contributed by atoms with Crippen molar-refractivity contribution in [1.82, 2.24) is 14.4 Å². The highest BCUT2D eigenvalue weighted by Gasteiger charge is 2.12. The molecule has 1 amide bonds. The molecule has 0 radical (unpaired) electrons. The van der Waals surface area contributed by atoms with Crippen molar-refractivity contribution in [3.63, 3.8) is 0 Å². The van der Waals surface area contributed by atoms with Gasteiger partial charge in [0.1, 0.15) is 0 Å². The number of fused-ring (bicyclic) bond motifs is 1. The van der Waals surface area contributed by atoms with Crippen LogP contribution < -0.4 is 20.5 Å². The molecule has 0 saturated carbocycles. The van der Waals surface area contributed by atoms with E-state index in [4.69, 9.17) is 20.2 Å². The van der Waals surface area contributed by atoms with Crippen molar-refractivity contribution in [3.05, 3.63) is 66.6 Å². The largest absolute Gasteiger partial charge is 0.493 e. The molecule has 0 saturated heterocycles. The Morgan fingerprint density at radius 2 is 1.97 bits per heavy atom. The minimum atomic E-state index is -0.466. The van der Waals surface area contributed by atoms with Crippen molar-refractivity contribution in [3.8, 4) is 22.8 Å². The van der Waals surface area contributed by atoms with Crippen molar-refractivity contribution >= 4 is 23.1 Å². The van der Waals surface area contributed by atoms with Crippen LogP contribution in [-0.2, 0) is 0 Å². The summed E-state index contributed by atoms with van der Waals surface area (Å²) in [6, 6.07) is 12.6. The quantitative estimate of drug-likeness (QED) is 0.488. The van der Waals surface area contributed by atoms with Crippen LogP contribution >= 0.6 is 0 Å². The van der Waals surface area contributed by atoms with E-state index in [0.29, 0.717) is 35.1 Å². The van der Waals surface area contributed by atoms with Crippen LogP contribution in [0.5, 0.6) is 11.5 Å². The van der Waals surface area contributed by atoms with Crippen LogP contribution in [-0.4, -0.2) is 34.0 Å². The summed E-state index contributed by atoms with van der Waals surface area (Å²) in [5.74, 6) is 1.42. The molecule has 2 aromatic carbocycles. The molecule has 2 heterocycles. The molecule has 30 heavy (non-hydrogen) atoms. The number of methoxy groups -OCH3 is 1. The van der Waals surface area contributed by atoms with Gasteiger partial charge < -0.3 is 24.9 Å². The van der Waals surface area contributed by atoms with Gasteiger partial charge in [-0.25, -0.2) is 9.97 Å². The van der Waals surface area contributed by atoms with Gasteiger partial charge in [-0.2, -0.15) is 0 Å². The molecule has 0 unspecified atom stereocenters. The molecule has 4 aromatic rings. The zero-order valence-electron chi connectivity index (χ0n) is 16.6. The van der Waals surface area contributed by atoms with Crippen molar-refractivity contribution in [2.24, 2.45) is 5.73 Å². The number of primary amides is 1. The smallest absolute Gasteiger partial charge is 0.248 e. The second kappa shape index (κ2) is 8.12. The predicted molar refractivity (Wildman–Crippen MR) is 114 cm³/mol. The first-order chi connectivity index (χ1) is 14.6. The monoisotopic (exact) mass is 403 g/mol. The van der Waals surface area contributed by atoms with Crippen molar-refractivity contribution in [2.45, 2.75) is 6.92 Å². The lowest BCUT2D eigenvalue weighted by Crippen LogP contribution is -2.10. The zero-order chi connectivity index (χ0) is 21.1. The number of ether oxygens (including phenoxy) is 2. The number of anilines is 2. The van der Waals surface area contributed by atoms with Gasteiger partial charge in [0, 0.05) is 41.5 Å². The number of nitrogens with zero attached hydrogens (tertiary/aromatic N) is 3. The fourth-order valence-corrected chi connectivity index (χ4v) is 3.12. The predicted octanol–water partition coefficient (Wildman–Crippen LogP) is 3.65. The van der Waals surface area contributed by atoms with E-state index in [1.54, 1.807) is 25.4 Å². The number of imidazole rings is 1. The van der Waals surface area contributed by atoms with Gasteiger partial charge in [-0.1, -0.05) is 12.1 Å². The van der Waals surface area contributed by atoms with Crippen LogP contribution in [0.4, 0.5) is 11.5 Å². The van der Waals surface area contributed by atoms with Crippen LogP contribution in [0.3, 0.4) is 0 Å². The van der Waals surface area contributed by atoms with Gasteiger partial charge >= 0.3 is 0 Å². The van der Waals surface area contributed by atoms with E-state index in [-0.39, 0.29) is 0 Å². The van der Waals surface area contributed by atoms with E-state index in [1.165, 1.54) is 0 Å². The molecule has 2 aromatic heterocycles. The fraction of sp³-hybridized carbons (Fsp3) is 0.136. The minimum absolute atomic E-state index is 0.447. The maximum Gasteiger partial charge on any atom is 0.248 e. The third-order valence-corrected chi connectivity index (χ3v) is 4.57. The Labute approximate surface area is 173 Å². The summed E-state index contributed by atoms with van der Waals surface area (Å²) in [5.41, 5.74) is 8.81. The summed E-state index contributed by atoms with van der Waals surface area (Å²) >= 11 is 0. The summed E-state index contributed by atoms with van der Waals surface area (Å²) < 4.78 is 12.9. The molecule has 3 N–H and O–H groups in total. The normalized spacial score (nSPS) is 10.7.